The molecule has 0 aromatic heterocycles. The molecule has 0 radical (unpaired) electrons. The minimum atomic E-state index is -0.843. The standard InChI is InChI=1S/C24H42O5/c1-20(2)17-15-13-11-9-7-5-6-8-10-12-14-16-18-22(25)29-23(26)19-28-24(27)21(3)4/h20H,3,5-19H2,1-2,4H3. The van der Waals surface area contributed by atoms with Crippen molar-refractivity contribution in [1.29, 1.82) is 0 Å². The van der Waals surface area contributed by atoms with Gasteiger partial charge in [0.15, 0.2) is 6.61 Å². The van der Waals surface area contributed by atoms with Crippen LogP contribution < -0.4 is 0 Å². The summed E-state index contributed by atoms with van der Waals surface area (Å²) in [6.07, 6.45) is 16.3. The van der Waals surface area contributed by atoms with E-state index in [1.807, 2.05) is 0 Å². The molecule has 0 fully saturated rings. The normalized spacial score (nSPS) is 10.8. The molecule has 0 aliphatic rings. The second-order valence-corrected chi connectivity index (χ2v) is 8.38. The average Bonchev–Trinajstić information content (AvgIpc) is 2.65. The number of rotatable bonds is 18. The van der Waals surface area contributed by atoms with Gasteiger partial charge in [-0.2, -0.15) is 0 Å². The zero-order valence-electron chi connectivity index (χ0n) is 18.9. The maximum Gasteiger partial charge on any atom is 0.351 e. The van der Waals surface area contributed by atoms with E-state index >= 15 is 0 Å². The molecule has 0 aliphatic carbocycles. The van der Waals surface area contributed by atoms with Crippen LogP contribution in [0.25, 0.3) is 0 Å². The van der Waals surface area contributed by atoms with Crippen LogP contribution >= 0.6 is 0 Å². The van der Waals surface area contributed by atoms with Gasteiger partial charge in [-0.1, -0.05) is 97.5 Å². The van der Waals surface area contributed by atoms with Crippen LogP contribution in [0.4, 0.5) is 0 Å². The number of ether oxygens (including phenoxy) is 2. The Kier molecular flexibility index (Phi) is 17.3. The second-order valence-electron chi connectivity index (χ2n) is 8.38. The first-order valence-corrected chi connectivity index (χ1v) is 11.4. The molecular formula is C24H42O5. The van der Waals surface area contributed by atoms with Crippen molar-refractivity contribution in [3.05, 3.63) is 12.2 Å². The van der Waals surface area contributed by atoms with Crippen molar-refractivity contribution in [3.8, 4) is 0 Å². The number of carbonyl (C=O) groups is 3. The van der Waals surface area contributed by atoms with Crippen molar-refractivity contribution in [2.75, 3.05) is 6.61 Å². The molecule has 29 heavy (non-hydrogen) atoms. The molecule has 0 heterocycles. The lowest BCUT2D eigenvalue weighted by atomic mass is 10.0. The maximum absolute atomic E-state index is 11.6. The molecule has 0 amide bonds. The number of hydrogen-bond acceptors (Lipinski definition) is 5. The van der Waals surface area contributed by atoms with Gasteiger partial charge in [-0.05, 0) is 19.3 Å². The monoisotopic (exact) mass is 410 g/mol. The molecule has 0 bridgehead atoms. The summed E-state index contributed by atoms with van der Waals surface area (Å²) in [5, 5.41) is 0. The van der Waals surface area contributed by atoms with Crippen molar-refractivity contribution >= 4 is 17.9 Å². The summed E-state index contributed by atoms with van der Waals surface area (Å²) >= 11 is 0. The first-order valence-electron chi connectivity index (χ1n) is 11.4. The topological polar surface area (TPSA) is 69.7 Å². The molecule has 0 atom stereocenters. The van der Waals surface area contributed by atoms with E-state index in [9.17, 15) is 14.4 Å². The largest absolute Gasteiger partial charge is 0.450 e. The highest BCUT2D eigenvalue weighted by Crippen LogP contribution is 2.14. The molecule has 0 rings (SSSR count). The summed E-state index contributed by atoms with van der Waals surface area (Å²) in [5.74, 6) is -1.24. The van der Waals surface area contributed by atoms with Crippen LogP contribution in [0.1, 0.15) is 111 Å². The molecule has 0 aromatic carbocycles. The molecule has 0 aliphatic heterocycles. The summed E-state index contributed by atoms with van der Waals surface area (Å²) < 4.78 is 9.25. The Morgan fingerprint density at radius 1 is 0.724 bits per heavy atom. The van der Waals surface area contributed by atoms with Crippen LogP contribution in [0.3, 0.4) is 0 Å². The predicted octanol–water partition coefficient (Wildman–Crippen LogP) is 6.29. The van der Waals surface area contributed by atoms with Gasteiger partial charge in [0.05, 0.1) is 0 Å². The Bertz CT molecular complexity index is 482. The van der Waals surface area contributed by atoms with E-state index in [2.05, 4.69) is 29.9 Å². The Labute approximate surface area is 177 Å². The average molecular weight is 411 g/mol. The van der Waals surface area contributed by atoms with E-state index < -0.39 is 24.5 Å². The fourth-order valence-corrected chi connectivity index (χ4v) is 3.04. The summed E-state index contributed by atoms with van der Waals surface area (Å²) in [4.78, 5) is 34.1. The molecule has 168 valence electrons. The van der Waals surface area contributed by atoms with Crippen LogP contribution in [0.5, 0.6) is 0 Å². The molecule has 0 aromatic rings. The minimum Gasteiger partial charge on any atom is -0.450 e. The van der Waals surface area contributed by atoms with Crippen LogP contribution in [0, 0.1) is 5.92 Å². The summed E-state index contributed by atoms with van der Waals surface area (Å²) in [5.41, 5.74) is 0.196. The number of unbranched alkanes of at least 4 members (excludes halogenated alkanes) is 11. The molecule has 0 saturated carbocycles. The summed E-state index contributed by atoms with van der Waals surface area (Å²) in [7, 11) is 0. The molecule has 5 heteroatoms. The van der Waals surface area contributed by atoms with Crippen molar-refractivity contribution in [2.24, 2.45) is 5.92 Å². The van der Waals surface area contributed by atoms with Gasteiger partial charge < -0.3 is 9.47 Å². The third-order valence-corrected chi connectivity index (χ3v) is 4.81. The minimum absolute atomic E-state index is 0.196. The number of hydrogen-bond donors (Lipinski definition) is 0. The van der Waals surface area contributed by atoms with Gasteiger partial charge in [-0.3, -0.25) is 4.79 Å². The highest BCUT2D eigenvalue weighted by Gasteiger charge is 2.13. The SMILES string of the molecule is C=C(C)C(=O)OCC(=O)OC(=O)CCCCCCCCCCCCCCC(C)C. The highest BCUT2D eigenvalue weighted by atomic mass is 16.6. The van der Waals surface area contributed by atoms with Crippen LogP contribution in [0.15, 0.2) is 12.2 Å². The lowest BCUT2D eigenvalue weighted by Gasteiger charge is -2.05. The van der Waals surface area contributed by atoms with E-state index in [-0.39, 0.29) is 12.0 Å². The van der Waals surface area contributed by atoms with E-state index in [4.69, 9.17) is 0 Å². The van der Waals surface area contributed by atoms with Gasteiger partial charge in [0.25, 0.3) is 0 Å². The first-order chi connectivity index (χ1) is 13.8. The maximum atomic E-state index is 11.6. The highest BCUT2D eigenvalue weighted by molar-refractivity contribution is 5.90. The van der Waals surface area contributed by atoms with Crippen molar-refractivity contribution in [2.45, 2.75) is 111 Å². The van der Waals surface area contributed by atoms with Crippen molar-refractivity contribution in [1.82, 2.24) is 0 Å². The molecule has 5 nitrogen and oxygen atoms in total. The second kappa shape index (κ2) is 18.4. The fraction of sp³-hybridized carbons (Fsp3) is 0.792. The van der Waals surface area contributed by atoms with E-state index in [1.54, 1.807) is 0 Å². The van der Waals surface area contributed by atoms with Gasteiger partial charge in [0.2, 0.25) is 0 Å². The summed E-state index contributed by atoms with van der Waals surface area (Å²) in [6, 6.07) is 0. The molecule has 0 unspecified atom stereocenters. The van der Waals surface area contributed by atoms with Gasteiger partial charge in [0.1, 0.15) is 0 Å². The third kappa shape index (κ3) is 19.4. The van der Waals surface area contributed by atoms with E-state index in [0.29, 0.717) is 6.42 Å². The number of carbonyl (C=O) groups excluding carboxylic acids is 3. The fourth-order valence-electron chi connectivity index (χ4n) is 3.04. The van der Waals surface area contributed by atoms with Crippen molar-refractivity contribution < 1.29 is 23.9 Å². The van der Waals surface area contributed by atoms with Crippen LogP contribution in [-0.4, -0.2) is 24.5 Å². The molecular weight excluding hydrogens is 368 g/mol. The van der Waals surface area contributed by atoms with E-state index in [1.165, 1.54) is 71.1 Å². The Balaban J connectivity index is 3.37. The van der Waals surface area contributed by atoms with Gasteiger partial charge in [-0.25, -0.2) is 9.59 Å². The Morgan fingerprint density at radius 3 is 1.62 bits per heavy atom. The number of esters is 3. The van der Waals surface area contributed by atoms with Crippen molar-refractivity contribution in [3.63, 3.8) is 0 Å². The third-order valence-electron chi connectivity index (χ3n) is 4.81. The van der Waals surface area contributed by atoms with Crippen LogP contribution in [-0.2, 0) is 23.9 Å². The lowest BCUT2D eigenvalue weighted by molar-refractivity contribution is -0.166. The van der Waals surface area contributed by atoms with E-state index in [0.717, 1.165) is 18.8 Å². The first kappa shape index (κ1) is 27.4. The quantitative estimate of drug-likeness (QED) is 0.115. The lowest BCUT2D eigenvalue weighted by Crippen LogP contribution is -2.19. The van der Waals surface area contributed by atoms with Gasteiger partial charge in [0, 0.05) is 12.0 Å². The zero-order chi connectivity index (χ0) is 21.9. The molecule has 0 N–H and O–H groups in total. The smallest absolute Gasteiger partial charge is 0.351 e. The predicted molar refractivity (Wildman–Crippen MR) is 116 cm³/mol. The van der Waals surface area contributed by atoms with Crippen LogP contribution in [0.2, 0.25) is 0 Å². The molecule has 0 saturated heterocycles. The zero-order valence-corrected chi connectivity index (χ0v) is 18.9. The molecule has 0 spiro atoms. The summed E-state index contributed by atoms with van der Waals surface area (Å²) in [6.45, 7) is 8.91. The Hall–Kier alpha value is -1.65. The van der Waals surface area contributed by atoms with Gasteiger partial charge >= 0.3 is 17.9 Å². The Morgan fingerprint density at radius 2 is 1.17 bits per heavy atom. The van der Waals surface area contributed by atoms with Gasteiger partial charge in [-0.15, -0.1) is 0 Å².